The average molecular weight is 683 g/mol. The van der Waals surface area contributed by atoms with E-state index in [4.69, 9.17) is 16.6 Å². The van der Waals surface area contributed by atoms with Crippen LogP contribution < -0.4 is 32.7 Å². The lowest BCUT2D eigenvalue weighted by Crippen LogP contribution is -2.60. The van der Waals surface area contributed by atoms with Gasteiger partial charge in [-0.15, -0.1) is 0 Å². The summed E-state index contributed by atoms with van der Waals surface area (Å²) in [4.78, 5) is 87.2. The summed E-state index contributed by atoms with van der Waals surface area (Å²) in [6.07, 6.45) is 0.196. The number of aliphatic hydroxyl groups excluding tert-OH is 1. The minimum atomic E-state index is -1.71. The van der Waals surface area contributed by atoms with E-state index in [1.807, 2.05) is 18.2 Å². The summed E-state index contributed by atoms with van der Waals surface area (Å²) in [6.45, 7) is 2.69. The van der Waals surface area contributed by atoms with Gasteiger partial charge in [0.05, 0.1) is 25.5 Å². The van der Waals surface area contributed by atoms with Crippen molar-refractivity contribution in [1.29, 1.82) is 0 Å². The fraction of sp³-hybridized carbons (Fsp3) is 0.567. The molecule has 262 valence electrons. The van der Waals surface area contributed by atoms with Gasteiger partial charge in [0.15, 0.2) is 0 Å². The van der Waals surface area contributed by atoms with Crippen LogP contribution in [0, 0.1) is 5.92 Å². The van der Waals surface area contributed by atoms with E-state index in [9.17, 15) is 43.8 Å². The Labute approximate surface area is 277 Å². The van der Waals surface area contributed by atoms with Crippen LogP contribution in [0.4, 0.5) is 0 Å². The summed E-state index contributed by atoms with van der Waals surface area (Å²) in [6, 6.07) is 2.52. The molecule has 5 atom stereocenters. The predicted octanol–water partition coefficient (Wildman–Crippen LogP) is -1.52. The van der Waals surface area contributed by atoms with Gasteiger partial charge >= 0.3 is 11.9 Å². The van der Waals surface area contributed by atoms with Gasteiger partial charge in [-0.2, -0.15) is 0 Å². The zero-order chi connectivity index (χ0) is 35.5. The van der Waals surface area contributed by atoms with Gasteiger partial charge < -0.3 is 48.1 Å². The monoisotopic (exact) mass is 682 g/mol. The van der Waals surface area contributed by atoms with Crippen LogP contribution in [0.1, 0.15) is 51.5 Å². The van der Waals surface area contributed by atoms with Gasteiger partial charge in [0.25, 0.3) is 0 Å². The topological polar surface area (TPSA) is 280 Å². The smallest absolute Gasteiger partial charge is 0.305 e. The zero-order valence-corrected chi connectivity index (χ0v) is 27.3. The second-order valence-corrected chi connectivity index (χ2v) is 12.2. The standard InChI is InChI=1S/C30H46N6O10S/c1-17(2)25(29(45)34-21(15-24(40)41)28(44)35-22(16-37)30(46)47-13-11-23(38)39)36-27(43)20(10-6-7-12-31)33-26(42)19(32)14-18-8-4-3-5-9-18/h3-5,8-9,17,19-22,25,37H,6-7,10-16,31-32H2,1-2H3,(H,33,42)(H,34,45)(H,35,44)(H,36,43)(H,38,39)(H,40,41)/t19-,20-,21-,22-,25-/m0/s1. The van der Waals surface area contributed by atoms with Crippen LogP contribution in [0.2, 0.25) is 0 Å². The van der Waals surface area contributed by atoms with Gasteiger partial charge in [0.1, 0.15) is 24.2 Å². The molecule has 0 heterocycles. The summed E-state index contributed by atoms with van der Waals surface area (Å²) < 4.78 is 0. The lowest BCUT2D eigenvalue weighted by Gasteiger charge is -2.28. The van der Waals surface area contributed by atoms with Crippen LogP contribution in [-0.4, -0.2) is 105 Å². The third-order valence-corrected chi connectivity index (χ3v) is 7.79. The number of amides is 4. The van der Waals surface area contributed by atoms with E-state index in [2.05, 4.69) is 21.3 Å². The van der Waals surface area contributed by atoms with Crippen molar-refractivity contribution < 1.29 is 48.9 Å². The maximum absolute atomic E-state index is 13.4. The molecule has 4 amide bonds. The fourth-order valence-corrected chi connectivity index (χ4v) is 5.04. The normalized spacial score (nSPS) is 14.2. The molecule has 1 aromatic rings. The van der Waals surface area contributed by atoms with Gasteiger partial charge in [0, 0.05) is 5.75 Å². The highest BCUT2D eigenvalue weighted by Crippen LogP contribution is 2.11. The van der Waals surface area contributed by atoms with Crippen LogP contribution in [0.25, 0.3) is 0 Å². The third kappa shape index (κ3) is 15.9. The number of nitrogens with two attached hydrogens (primary N) is 2. The van der Waals surface area contributed by atoms with Crippen LogP contribution in [-0.2, 0) is 40.0 Å². The van der Waals surface area contributed by atoms with Crippen molar-refractivity contribution in [3.8, 4) is 0 Å². The molecular formula is C30H46N6O10S. The Hall–Kier alpha value is -4.06. The maximum atomic E-state index is 13.4. The molecule has 0 aromatic heterocycles. The first kappa shape index (κ1) is 41.0. The second-order valence-electron chi connectivity index (χ2n) is 11.1. The van der Waals surface area contributed by atoms with E-state index in [1.54, 1.807) is 26.0 Å². The number of hydrogen-bond donors (Lipinski definition) is 9. The number of hydrogen-bond acceptors (Lipinski definition) is 11. The Bertz CT molecular complexity index is 1220. The first-order chi connectivity index (χ1) is 22.2. The Morgan fingerprint density at radius 2 is 1.38 bits per heavy atom. The number of aliphatic hydroxyl groups is 1. The number of thioether (sulfide) groups is 1. The summed E-state index contributed by atoms with van der Waals surface area (Å²) in [5, 5.41) is 36.6. The number of nitrogens with one attached hydrogen (secondary N) is 4. The Morgan fingerprint density at radius 3 is 1.94 bits per heavy atom. The van der Waals surface area contributed by atoms with E-state index in [0.29, 0.717) is 31.1 Å². The van der Waals surface area contributed by atoms with Crippen molar-refractivity contribution >= 4 is 52.4 Å². The summed E-state index contributed by atoms with van der Waals surface area (Å²) in [7, 11) is 0. The highest BCUT2D eigenvalue weighted by Gasteiger charge is 2.34. The van der Waals surface area contributed by atoms with Gasteiger partial charge in [-0.05, 0) is 43.7 Å². The van der Waals surface area contributed by atoms with Gasteiger partial charge in [0.2, 0.25) is 28.7 Å². The number of carboxylic acid groups (broad SMARTS) is 2. The van der Waals surface area contributed by atoms with E-state index in [-0.39, 0.29) is 25.0 Å². The number of carboxylic acids is 2. The zero-order valence-electron chi connectivity index (χ0n) is 26.5. The summed E-state index contributed by atoms with van der Waals surface area (Å²) in [5.74, 6) is -6.61. The molecule has 0 unspecified atom stereocenters. The number of benzene rings is 1. The van der Waals surface area contributed by atoms with Crippen molar-refractivity contribution in [2.75, 3.05) is 18.9 Å². The molecule has 0 fully saturated rings. The highest BCUT2D eigenvalue weighted by molar-refractivity contribution is 8.13. The van der Waals surface area contributed by atoms with E-state index in [1.165, 1.54) is 0 Å². The minimum Gasteiger partial charge on any atom is -0.481 e. The van der Waals surface area contributed by atoms with Crippen LogP contribution in [0.5, 0.6) is 0 Å². The van der Waals surface area contributed by atoms with E-state index < -0.39 is 89.8 Å². The molecule has 0 aliphatic rings. The predicted molar refractivity (Wildman–Crippen MR) is 173 cm³/mol. The molecule has 1 rings (SSSR count). The molecule has 0 saturated carbocycles. The molecular weight excluding hydrogens is 636 g/mol. The first-order valence-corrected chi connectivity index (χ1v) is 16.1. The van der Waals surface area contributed by atoms with E-state index >= 15 is 0 Å². The molecule has 0 radical (unpaired) electrons. The van der Waals surface area contributed by atoms with Crippen molar-refractivity contribution in [3.63, 3.8) is 0 Å². The molecule has 0 bridgehead atoms. The second kappa shape index (κ2) is 21.7. The van der Waals surface area contributed by atoms with Crippen LogP contribution in [0.15, 0.2) is 30.3 Å². The number of unbranched alkanes of at least 4 members (excludes halogenated alkanes) is 1. The molecule has 0 aliphatic carbocycles. The number of carbonyl (C=O) groups is 7. The molecule has 11 N–H and O–H groups in total. The molecule has 1 aromatic carbocycles. The first-order valence-electron chi connectivity index (χ1n) is 15.1. The Balaban J connectivity index is 3.04. The molecule has 0 spiro atoms. The summed E-state index contributed by atoms with van der Waals surface area (Å²) >= 11 is 0.560. The van der Waals surface area contributed by atoms with E-state index in [0.717, 1.165) is 5.56 Å². The van der Waals surface area contributed by atoms with Gasteiger partial charge in [-0.1, -0.05) is 55.9 Å². The number of aliphatic carboxylic acids is 2. The van der Waals surface area contributed by atoms with Crippen molar-refractivity contribution in [2.24, 2.45) is 17.4 Å². The van der Waals surface area contributed by atoms with Crippen molar-refractivity contribution in [1.82, 2.24) is 21.3 Å². The van der Waals surface area contributed by atoms with Crippen LogP contribution in [0.3, 0.4) is 0 Å². The SMILES string of the molecule is CC(C)[C@H](NC(=O)[C@H](CCCCN)NC(=O)[C@@H](N)Cc1ccccc1)C(=O)N[C@@H](CC(=O)O)C(=O)N[C@@H](CO)C(=O)SCCC(=O)O. The maximum Gasteiger partial charge on any atom is 0.305 e. The molecule has 0 saturated heterocycles. The lowest BCUT2D eigenvalue weighted by molar-refractivity contribution is -0.141. The number of carbonyl (C=O) groups excluding carboxylic acids is 5. The lowest BCUT2D eigenvalue weighted by atomic mass is 10.0. The van der Waals surface area contributed by atoms with Gasteiger partial charge in [-0.3, -0.25) is 33.6 Å². The quantitative estimate of drug-likeness (QED) is 0.0629. The van der Waals surface area contributed by atoms with Gasteiger partial charge in [-0.25, -0.2) is 0 Å². The Kier molecular flexibility index (Phi) is 18.9. The molecule has 0 aliphatic heterocycles. The fourth-order valence-electron chi connectivity index (χ4n) is 4.23. The minimum absolute atomic E-state index is 0.127. The molecule has 47 heavy (non-hydrogen) atoms. The van der Waals surface area contributed by atoms with Crippen molar-refractivity contribution in [2.45, 2.75) is 82.6 Å². The largest absolute Gasteiger partial charge is 0.481 e. The number of rotatable bonds is 22. The third-order valence-electron chi connectivity index (χ3n) is 6.82. The molecule has 16 nitrogen and oxygen atoms in total. The molecule has 17 heteroatoms. The highest BCUT2D eigenvalue weighted by atomic mass is 32.2. The Morgan fingerprint density at radius 1 is 0.787 bits per heavy atom. The average Bonchev–Trinajstić information content (AvgIpc) is 3.01. The summed E-state index contributed by atoms with van der Waals surface area (Å²) in [5.41, 5.74) is 12.5. The van der Waals surface area contributed by atoms with Crippen molar-refractivity contribution in [3.05, 3.63) is 35.9 Å². The van der Waals surface area contributed by atoms with Crippen LogP contribution >= 0.6 is 11.8 Å².